The Morgan fingerprint density at radius 1 is 1.11 bits per heavy atom. The Balaban J connectivity index is 3.92. The van der Waals surface area contributed by atoms with Crippen molar-refractivity contribution >= 4 is 8.24 Å². The van der Waals surface area contributed by atoms with Gasteiger partial charge in [-0.15, -0.1) is 0 Å². The molecule has 0 aromatic rings. The number of rotatable bonds is 3. The quantitative estimate of drug-likeness (QED) is 0.550. The van der Waals surface area contributed by atoms with Gasteiger partial charge in [0.25, 0.3) is 0 Å². The lowest BCUT2D eigenvalue weighted by atomic mass is 10.9. The smallest absolute Gasteiger partial charge is 0.124 e. The van der Waals surface area contributed by atoms with Crippen LogP contribution in [0.25, 0.3) is 0 Å². The van der Waals surface area contributed by atoms with Crippen LogP contribution in [0.3, 0.4) is 0 Å². The van der Waals surface area contributed by atoms with Crippen LogP contribution in [0.4, 0.5) is 0 Å². The zero-order valence-electron chi connectivity index (χ0n) is 7.36. The van der Waals surface area contributed by atoms with E-state index in [0.29, 0.717) is 0 Å². The molecule has 0 aromatic heterocycles. The Hall–Kier alpha value is 0.177. The Kier molecular flexibility index (Phi) is 3.44. The molecule has 2 heteroatoms. The van der Waals surface area contributed by atoms with Gasteiger partial charge in [-0.05, 0) is 26.2 Å². The van der Waals surface area contributed by atoms with Gasteiger partial charge in [0.15, 0.2) is 0 Å². The molecule has 1 nitrogen and oxygen atoms in total. The summed E-state index contributed by atoms with van der Waals surface area (Å²) >= 11 is 0. The monoisotopic (exact) mass is 145 g/mol. The highest BCUT2D eigenvalue weighted by atomic mass is 28.3. The highest BCUT2D eigenvalue weighted by molar-refractivity contribution is 6.75. The first-order valence-electron chi connectivity index (χ1n) is 3.74. The topological polar surface area (TPSA) is 3.24 Å². The molecule has 0 rings (SSSR count). The minimum atomic E-state index is -0.941. The summed E-state index contributed by atoms with van der Waals surface area (Å²) in [4.78, 5) is 0. The van der Waals surface area contributed by atoms with Crippen molar-refractivity contribution in [1.29, 1.82) is 0 Å². The van der Waals surface area contributed by atoms with Crippen molar-refractivity contribution in [3.63, 3.8) is 0 Å². The van der Waals surface area contributed by atoms with Crippen LogP contribution in [0.5, 0.6) is 0 Å². The maximum absolute atomic E-state index is 2.44. The molecular weight excluding hydrogens is 126 g/mol. The van der Waals surface area contributed by atoms with E-state index in [1.54, 1.807) is 0 Å². The first-order valence-corrected chi connectivity index (χ1v) is 6.60. The maximum Gasteiger partial charge on any atom is 0.124 e. The normalized spacial score (nSPS) is 12.7. The van der Waals surface area contributed by atoms with Crippen molar-refractivity contribution in [3.05, 3.63) is 0 Å². The summed E-state index contributed by atoms with van der Waals surface area (Å²) in [5.74, 6) is 0. The molecule has 0 aliphatic carbocycles. The van der Waals surface area contributed by atoms with E-state index in [9.17, 15) is 0 Å². The Morgan fingerprint density at radius 2 is 1.44 bits per heavy atom. The van der Waals surface area contributed by atoms with E-state index in [4.69, 9.17) is 0 Å². The molecule has 56 valence electrons. The van der Waals surface area contributed by atoms with Gasteiger partial charge in [0.1, 0.15) is 8.24 Å². The van der Waals surface area contributed by atoms with Gasteiger partial charge in [-0.3, -0.25) is 0 Å². The van der Waals surface area contributed by atoms with Gasteiger partial charge in [0.2, 0.25) is 0 Å². The summed E-state index contributed by atoms with van der Waals surface area (Å²) in [6.45, 7) is 7.04. The van der Waals surface area contributed by atoms with Crippen LogP contribution in [0.15, 0.2) is 0 Å². The van der Waals surface area contributed by atoms with Crippen LogP contribution in [0.1, 0.15) is 13.8 Å². The van der Waals surface area contributed by atoms with Crippen molar-refractivity contribution in [2.75, 3.05) is 14.1 Å². The molecule has 0 aliphatic rings. The third-order valence-electron chi connectivity index (χ3n) is 2.60. The molecule has 0 saturated carbocycles. The molecule has 0 fully saturated rings. The molecule has 0 heterocycles. The fraction of sp³-hybridized carbons (Fsp3) is 1.00. The van der Waals surface area contributed by atoms with E-state index < -0.39 is 8.24 Å². The zero-order chi connectivity index (χ0) is 7.49. The van der Waals surface area contributed by atoms with Crippen LogP contribution >= 0.6 is 0 Å². The van der Waals surface area contributed by atoms with E-state index in [2.05, 4.69) is 39.1 Å². The molecule has 0 saturated heterocycles. The number of nitrogens with zero attached hydrogens (tertiary/aromatic N) is 1. The number of hydrogen-bond acceptors (Lipinski definition) is 1. The average Bonchev–Trinajstić information content (AvgIpc) is 1.86. The van der Waals surface area contributed by atoms with E-state index in [1.165, 1.54) is 12.1 Å². The summed E-state index contributed by atoms with van der Waals surface area (Å²) in [7, 11) is 3.47. The molecule has 0 atom stereocenters. The third kappa shape index (κ3) is 2.10. The summed E-state index contributed by atoms with van der Waals surface area (Å²) in [5, 5.41) is 0. The third-order valence-corrected chi connectivity index (χ3v) is 7.81. The highest BCUT2D eigenvalue weighted by Crippen LogP contribution is 2.15. The summed E-state index contributed by atoms with van der Waals surface area (Å²) in [6, 6.07) is 2.74. The molecular formula is C7H19NSi. The molecule has 0 aliphatic heterocycles. The maximum atomic E-state index is 2.44. The summed E-state index contributed by atoms with van der Waals surface area (Å²) in [5.41, 5.74) is 0. The SMILES string of the molecule is CC[Si](C)(CC)N(C)C. The van der Waals surface area contributed by atoms with E-state index in [-0.39, 0.29) is 0 Å². The van der Waals surface area contributed by atoms with Crippen LogP contribution in [0, 0.1) is 0 Å². The van der Waals surface area contributed by atoms with Gasteiger partial charge in [0.05, 0.1) is 0 Å². The van der Waals surface area contributed by atoms with Crippen molar-refractivity contribution in [1.82, 2.24) is 4.57 Å². The fourth-order valence-electron chi connectivity index (χ4n) is 0.882. The molecule has 0 N–H and O–H groups in total. The highest BCUT2D eigenvalue weighted by Gasteiger charge is 2.24. The molecule has 0 unspecified atom stereocenters. The fourth-order valence-corrected chi connectivity index (χ4v) is 2.65. The minimum Gasteiger partial charge on any atom is -0.329 e. The van der Waals surface area contributed by atoms with Crippen LogP contribution in [0.2, 0.25) is 18.6 Å². The zero-order valence-corrected chi connectivity index (χ0v) is 8.36. The van der Waals surface area contributed by atoms with Gasteiger partial charge in [-0.25, -0.2) is 0 Å². The first kappa shape index (κ1) is 9.18. The van der Waals surface area contributed by atoms with Gasteiger partial charge >= 0.3 is 0 Å². The van der Waals surface area contributed by atoms with Crippen LogP contribution in [-0.2, 0) is 0 Å². The lowest BCUT2D eigenvalue weighted by Crippen LogP contribution is -2.44. The van der Waals surface area contributed by atoms with Crippen LogP contribution in [-0.4, -0.2) is 26.9 Å². The minimum absolute atomic E-state index is 0.941. The standard InChI is InChI=1S/C7H19NSi/c1-6-9(5,7-2)8(3)4/h6-7H2,1-5H3. The molecule has 9 heavy (non-hydrogen) atoms. The summed E-state index contributed by atoms with van der Waals surface area (Å²) < 4.78 is 2.44. The van der Waals surface area contributed by atoms with Crippen molar-refractivity contribution in [3.8, 4) is 0 Å². The van der Waals surface area contributed by atoms with Gasteiger partial charge < -0.3 is 4.57 Å². The van der Waals surface area contributed by atoms with Crippen molar-refractivity contribution in [2.45, 2.75) is 32.5 Å². The van der Waals surface area contributed by atoms with E-state index in [0.717, 1.165) is 0 Å². The predicted octanol–water partition coefficient (Wildman–Crippen LogP) is 2.16. The van der Waals surface area contributed by atoms with Crippen LogP contribution < -0.4 is 0 Å². The second kappa shape index (κ2) is 3.37. The van der Waals surface area contributed by atoms with Crippen molar-refractivity contribution in [2.24, 2.45) is 0 Å². The lowest BCUT2D eigenvalue weighted by molar-refractivity contribution is 0.611. The predicted molar refractivity (Wildman–Crippen MR) is 46.3 cm³/mol. The average molecular weight is 145 g/mol. The molecule has 0 amide bonds. The molecule has 0 radical (unpaired) electrons. The van der Waals surface area contributed by atoms with E-state index >= 15 is 0 Å². The second-order valence-corrected chi connectivity index (χ2v) is 8.40. The molecule has 0 bridgehead atoms. The Bertz CT molecular complexity index is 77.0. The first-order chi connectivity index (χ1) is 4.06. The number of hydrogen-bond donors (Lipinski definition) is 0. The lowest BCUT2D eigenvalue weighted by Gasteiger charge is -2.31. The molecule has 0 spiro atoms. The van der Waals surface area contributed by atoms with Gasteiger partial charge in [-0.1, -0.05) is 20.4 Å². The van der Waals surface area contributed by atoms with Crippen molar-refractivity contribution < 1.29 is 0 Å². The van der Waals surface area contributed by atoms with Gasteiger partial charge in [-0.2, -0.15) is 0 Å². The second-order valence-electron chi connectivity index (χ2n) is 3.10. The molecule has 0 aromatic carbocycles. The Labute approximate surface area is 60.1 Å². The van der Waals surface area contributed by atoms with E-state index in [1.807, 2.05) is 0 Å². The largest absolute Gasteiger partial charge is 0.329 e. The summed E-state index contributed by atoms with van der Waals surface area (Å²) in [6.07, 6.45) is 0. The Morgan fingerprint density at radius 3 is 1.44 bits per heavy atom. The van der Waals surface area contributed by atoms with Gasteiger partial charge in [0, 0.05) is 0 Å².